The summed E-state index contributed by atoms with van der Waals surface area (Å²) < 4.78 is 0. The van der Waals surface area contributed by atoms with E-state index in [2.05, 4.69) is 19.9 Å². The van der Waals surface area contributed by atoms with Gasteiger partial charge in [-0.25, -0.2) is 0 Å². The minimum Gasteiger partial charge on any atom is -0.0885 e. The Kier molecular flexibility index (Phi) is 12.5. The fourth-order valence-corrected chi connectivity index (χ4v) is 1.62. The van der Waals surface area contributed by atoms with Crippen LogP contribution in [-0.4, -0.2) is 0 Å². The third kappa shape index (κ3) is 11.7. The van der Waals surface area contributed by atoms with Crippen LogP contribution in [0.3, 0.4) is 0 Å². The van der Waals surface area contributed by atoms with E-state index in [0.717, 1.165) is 6.42 Å². The van der Waals surface area contributed by atoms with E-state index in [1.807, 2.05) is 6.08 Å². The molecular weight excluding hydrogens is 168 g/mol. The number of hydrogen-bond donors (Lipinski definition) is 0. The molecule has 0 unspecified atom stereocenters. The van der Waals surface area contributed by atoms with Crippen LogP contribution in [0.4, 0.5) is 0 Å². The molecule has 0 saturated heterocycles. The number of rotatable bonds is 10. The molecule has 0 aromatic carbocycles. The summed E-state index contributed by atoms with van der Waals surface area (Å²) in [5.74, 6) is 0. The molecule has 0 fully saturated rings. The Hall–Kier alpha value is -0.260. The zero-order valence-electron chi connectivity index (χ0n) is 9.64. The summed E-state index contributed by atoms with van der Waals surface area (Å²) in [4.78, 5) is 0. The minimum absolute atomic E-state index is 1.11. The second-order valence-electron chi connectivity index (χ2n) is 3.94. The lowest BCUT2D eigenvalue weighted by Crippen LogP contribution is -1.80. The first-order valence-corrected chi connectivity index (χ1v) is 6.15. The highest BCUT2D eigenvalue weighted by atomic mass is 14.0. The molecule has 0 atom stereocenters. The Labute approximate surface area is 90.8 Å². The van der Waals surface area contributed by atoms with Crippen LogP contribution in [-0.2, 0) is 0 Å². The predicted octanol–water partition coefficient (Wildman–Crippen LogP) is 5.11. The van der Waals surface area contributed by atoms with E-state index in [0.29, 0.717) is 0 Å². The molecule has 0 rings (SSSR count). The third-order valence-electron chi connectivity index (χ3n) is 2.54. The van der Waals surface area contributed by atoms with Crippen molar-refractivity contribution in [3.8, 4) is 0 Å². The monoisotopic (exact) mass is 194 g/mol. The van der Waals surface area contributed by atoms with Crippen LogP contribution in [0.25, 0.3) is 0 Å². The van der Waals surface area contributed by atoms with Crippen molar-refractivity contribution >= 4 is 0 Å². The van der Waals surface area contributed by atoms with Crippen molar-refractivity contribution in [1.29, 1.82) is 0 Å². The fraction of sp³-hybridized carbons (Fsp3) is 0.714. The van der Waals surface area contributed by atoms with Crippen LogP contribution in [0, 0.1) is 13.8 Å². The maximum Gasteiger partial charge on any atom is -0.0316 e. The Morgan fingerprint density at radius 3 is 1.71 bits per heavy atom. The van der Waals surface area contributed by atoms with Crippen molar-refractivity contribution in [3.63, 3.8) is 0 Å². The summed E-state index contributed by atoms with van der Waals surface area (Å²) in [6.07, 6.45) is 17.5. The average Bonchev–Trinajstić information content (AvgIpc) is 2.21. The molecule has 0 spiro atoms. The van der Waals surface area contributed by atoms with Gasteiger partial charge in [-0.05, 0) is 19.8 Å². The van der Waals surface area contributed by atoms with Gasteiger partial charge in [-0.2, -0.15) is 0 Å². The highest BCUT2D eigenvalue weighted by molar-refractivity contribution is 4.83. The molecule has 0 aromatic rings. The zero-order valence-corrected chi connectivity index (χ0v) is 9.64. The molecule has 0 heterocycles. The summed E-state index contributed by atoms with van der Waals surface area (Å²) >= 11 is 0. The highest BCUT2D eigenvalue weighted by Crippen LogP contribution is 2.10. The van der Waals surface area contributed by atoms with Crippen molar-refractivity contribution in [2.24, 2.45) is 0 Å². The standard InChI is InChI=1S/C14H26/c1-3-5-7-9-11-13-14-12-10-8-6-4-2/h3,5H,1-2,4,6-14H2. The molecule has 0 bridgehead atoms. The van der Waals surface area contributed by atoms with Crippen molar-refractivity contribution in [2.75, 3.05) is 0 Å². The van der Waals surface area contributed by atoms with E-state index in [1.165, 1.54) is 57.8 Å². The van der Waals surface area contributed by atoms with Crippen molar-refractivity contribution in [1.82, 2.24) is 0 Å². The first-order valence-electron chi connectivity index (χ1n) is 6.15. The van der Waals surface area contributed by atoms with Gasteiger partial charge < -0.3 is 0 Å². The highest BCUT2D eigenvalue weighted by Gasteiger charge is 1.90. The van der Waals surface area contributed by atoms with E-state index < -0.39 is 0 Å². The Morgan fingerprint density at radius 2 is 1.21 bits per heavy atom. The van der Waals surface area contributed by atoms with Gasteiger partial charge in [0, 0.05) is 0 Å². The summed E-state index contributed by atoms with van der Waals surface area (Å²) in [5, 5.41) is 0. The third-order valence-corrected chi connectivity index (χ3v) is 2.54. The summed E-state index contributed by atoms with van der Waals surface area (Å²) in [6.45, 7) is 7.53. The molecule has 14 heavy (non-hydrogen) atoms. The smallest absolute Gasteiger partial charge is 0.0316 e. The van der Waals surface area contributed by atoms with Gasteiger partial charge in [-0.15, -0.1) is 0 Å². The summed E-state index contributed by atoms with van der Waals surface area (Å²) in [7, 11) is 0. The van der Waals surface area contributed by atoms with Crippen LogP contribution in [0.2, 0.25) is 0 Å². The van der Waals surface area contributed by atoms with Gasteiger partial charge in [-0.1, -0.05) is 70.4 Å². The Bertz CT molecular complexity index is 113. The Morgan fingerprint density at radius 1 is 0.714 bits per heavy atom. The molecule has 0 aromatic heterocycles. The zero-order chi connectivity index (χ0) is 10.5. The Balaban J connectivity index is 2.85. The van der Waals surface area contributed by atoms with Gasteiger partial charge in [0.15, 0.2) is 0 Å². The molecule has 0 saturated carbocycles. The second-order valence-corrected chi connectivity index (χ2v) is 3.94. The largest absolute Gasteiger partial charge is 0.0885 e. The van der Waals surface area contributed by atoms with E-state index in [1.54, 1.807) is 0 Å². The van der Waals surface area contributed by atoms with E-state index in [9.17, 15) is 0 Å². The first kappa shape index (κ1) is 13.7. The number of allylic oxidation sites excluding steroid dienone is 2. The maximum atomic E-state index is 3.85. The number of hydrogen-bond acceptors (Lipinski definition) is 0. The maximum absolute atomic E-state index is 3.85. The predicted molar refractivity (Wildman–Crippen MR) is 66.0 cm³/mol. The van der Waals surface area contributed by atoms with Gasteiger partial charge >= 0.3 is 0 Å². The van der Waals surface area contributed by atoms with Gasteiger partial charge in [0.2, 0.25) is 0 Å². The molecule has 0 heteroatoms. The molecule has 0 aliphatic heterocycles. The molecule has 2 radical (unpaired) electrons. The summed E-state index contributed by atoms with van der Waals surface area (Å²) in [5.41, 5.74) is 0. The van der Waals surface area contributed by atoms with Gasteiger partial charge in [-0.3, -0.25) is 0 Å². The lowest BCUT2D eigenvalue weighted by atomic mass is 10.1. The van der Waals surface area contributed by atoms with Crippen molar-refractivity contribution in [3.05, 3.63) is 26.0 Å². The molecule has 0 aliphatic carbocycles. The van der Waals surface area contributed by atoms with Gasteiger partial charge in [0.05, 0.1) is 0 Å². The summed E-state index contributed by atoms with van der Waals surface area (Å²) in [6, 6.07) is 0. The first-order chi connectivity index (χ1) is 6.91. The SMILES string of the molecule is [CH2]C=CCCCCCCCCCC[CH2]. The quantitative estimate of drug-likeness (QED) is 0.424. The molecule has 0 nitrogen and oxygen atoms in total. The van der Waals surface area contributed by atoms with E-state index in [4.69, 9.17) is 0 Å². The van der Waals surface area contributed by atoms with Crippen LogP contribution in [0.1, 0.15) is 64.2 Å². The van der Waals surface area contributed by atoms with Crippen molar-refractivity contribution in [2.45, 2.75) is 64.2 Å². The van der Waals surface area contributed by atoms with Crippen LogP contribution >= 0.6 is 0 Å². The van der Waals surface area contributed by atoms with Crippen LogP contribution in [0.15, 0.2) is 12.2 Å². The molecule has 0 N–H and O–H groups in total. The molecular formula is C14H26. The molecule has 82 valence electrons. The van der Waals surface area contributed by atoms with Crippen LogP contribution < -0.4 is 0 Å². The number of unbranched alkanes of at least 4 members (excludes halogenated alkanes) is 9. The lowest BCUT2D eigenvalue weighted by molar-refractivity contribution is 0.571. The van der Waals surface area contributed by atoms with Crippen molar-refractivity contribution < 1.29 is 0 Å². The van der Waals surface area contributed by atoms with Crippen LogP contribution in [0.5, 0.6) is 0 Å². The second kappa shape index (κ2) is 12.7. The normalized spacial score (nSPS) is 11.3. The lowest BCUT2D eigenvalue weighted by Gasteiger charge is -2.00. The van der Waals surface area contributed by atoms with Gasteiger partial charge in [0.25, 0.3) is 0 Å². The fourth-order valence-electron chi connectivity index (χ4n) is 1.62. The molecule has 0 amide bonds. The van der Waals surface area contributed by atoms with E-state index >= 15 is 0 Å². The minimum atomic E-state index is 1.11. The van der Waals surface area contributed by atoms with Gasteiger partial charge in [0.1, 0.15) is 0 Å². The average molecular weight is 194 g/mol. The van der Waals surface area contributed by atoms with E-state index in [-0.39, 0.29) is 0 Å². The topological polar surface area (TPSA) is 0 Å². The molecule has 0 aliphatic rings.